The number of carboxylic acid groups (broad SMARTS) is 1. The van der Waals surface area contributed by atoms with Crippen LogP contribution in [0.25, 0.3) is 27.0 Å². The Morgan fingerprint density at radius 2 is 1.67 bits per heavy atom. The van der Waals surface area contributed by atoms with Crippen molar-refractivity contribution in [1.82, 2.24) is 35.1 Å². The fourth-order valence-electron chi connectivity index (χ4n) is 13.2. The highest BCUT2D eigenvalue weighted by atomic mass is 31.3. The molecule has 6 aromatic rings. The van der Waals surface area contributed by atoms with E-state index in [1.54, 1.807) is 35.0 Å². The second-order valence-corrected chi connectivity index (χ2v) is 28.5. The van der Waals surface area contributed by atoms with E-state index < -0.39 is 72.9 Å². The highest BCUT2D eigenvalue weighted by Crippen LogP contribution is 2.65. The lowest BCUT2D eigenvalue weighted by Gasteiger charge is -2.39. The Hall–Kier alpha value is -8.35. The molecule has 1 saturated heterocycles. The van der Waals surface area contributed by atoms with E-state index in [1.165, 1.54) is 53.6 Å². The van der Waals surface area contributed by atoms with E-state index in [0.717, 1.165) is 117 Å². The number of aryl methyl sites for hydroxylation is 2. The van der Waals surface area contributed by atoms with Crippen LogP contribution in [-0.2, 0) is 67.0 Å². The smallest absolute Gasteiger partial charge is 0.486 e. The fraction of sp³-hybridized carbons (Fsp3) is 0.422. The first-order valence-corrected chi connectivity index (χ1v) is 36.3. The summed E-state index contributed by atoms with van der Waals surface area (Å²) < 4.78 is 72.4. The number of carboxylic acids is 1. The second kappa shape index (κ2) is 30.2. The molecule has 30 nitrogen and oxygen atoms in total. The van der Waals surface area contributed by atoms with Crippen LogP contribution in [0.4, 0.5) is 11.5 Å². The molecule has 33 heteroatoms. The van der Waals surface area contributed by atoms with Crippen molar-refractivity contribution in [3.05, 3.63) is 144 Å². The molecule has 3 amide bonds. The first-order chi connectivity index (χ1) is 46.8. The van der Waals surface area contributed by atoms with Gasteiger partial charge in [0, 0.05) is 101 Å². The number of hydrogen-bond acceptors (Lipinski definition) is 20. The van der Waals surface area contributed by atoms with Crippen molar-refractivity contribution in [2.24, 2.45) is 5.11 Å². The summed E-state index contributed by atoms with van der Waals surface area (Å²) in [7, 11) is -12.6. The van der Waals surface area contributed by atoms with Crippen molar-refractivity contribution in [3.8, 4) is 29.1 Å². The number of nitrogen functional groups attached to an aromatic ring is 1. The van der Waals surface area contributed by atoms with Crippen molar-refractivity contribution >= 4 is 75.8 Å². The number of nitrogens with one attached hydrogen (secondary N) is 3. The van der Waals surface area contributed by atoms with Gasteiger partial charge in [-0.05, 0) is 117 Å². The summed E-state index contributed by atoms with van der Waals surface area (Å²) in [5.41, 5.74) is 24.9. The number of nitrogens with zero attached hydrogens (tertiary/aromatic N) is 8. The first kappa shape index (κ1) is 68.6. The van der Waals surface area contributed by atoms with Gasteiger partial charge >= 0.3 is 21.6 Å². The Kier molecular flexibility index (Phi) is 21.3. The Morgan fingerprint density at radius 3 is 2.45 bits per heavy atom. The molecule has 9 N–H and O–H groups in total. The predicted molar refractivity (Wildman–Crippen MR) is 352 cm³/mol. The number of hydrogen-bond donors (Lipinski definition) is 8. The Morgan fingerprint density at radius 1 is 0.907 bits per heavy atom. The predicted octanol–water partition coefficient (Wildman–Crippen LogP) is 5.78. The number of benzene rings is 4. The molecule has 6 atom stereocenters. The maximum Gasteiger partial charge on any atom is 0.486 e. The second-order valence-electron chi connectivity index (χ2n) is 23.7. The number of carbonyl (C=O) groups excluding carboxylic acids is 3. The number of carbonyl (C=O) groups is 4. The van der Waals surface area contributed by atoms with E-state index in [4.69, 9.17) is 33.9 Å². The van der Waals surface area contributed by atoms with Crippen LogP contribution in [0, 0.1) is 11.8 Å². The molecule has 0 aliphatic carbocycles. The molecule has 1 fully saturated rings. The number of amides is 3. The number of aromatic carboxylic acids is 1. The minimum absolute atomic E-state index is 0.0255. The van der Waals surface area contributed by atoms with Gasteiger partial charge in [0.1, 0.15) is 67.6 Å². The minimum Gasteiger partial charge on any atom is -0.491 e. The Labute approximate surface area is 556 Å². The quantitative estimate of drug-likeness (QED) is 0.00575. The Balaban J connectivity index is 0.603. The highest BCUT2D eigenvalue weighted by Gasteiger charge is 2.40. The van der Waals surface area contributed by atoms with Crippen molar-refractivity contribution in [2.75, 3.05) is 95.6 Å². The van der Waals surface area contributed by atoms with E-state index in [0.29, 0.717) is 35.0 Å². The van der Waals surface area contributed by atoms with Crippen LogP contribution >= 0.6 is 24.0 Å². The molecule has 97 heavy (non-hydrogen) atoms. The van der Waals surface area contributed by atoms with Crippen LogP contribution in [0.15, 0.2) is 72.2 Å². The van der Waals surface area contributed by atoms with Gasteiger partial charge in [0.25, 0.3) is 11.8 Å². The van der Waals surface area contributed by atoms with Gasteiger partial charge in [-0.3, -0.25) is 18.9 Å². The summed E-state index contributed by atoms with van der Waals surface area (Å²) in [6, 6.07) is 15.4. The van der Waals surface area contributed by atoms with E-state index in [9.17, 15) is 53.6 Å². The van der Waals surface area contributed by atoms with Gasteiger partial charge in [-0.1, -0.05) is 29.9 Å². The maximum absolute atomic E-state index is 14.1. The number of phosphoric ester groups is 1. The summed E-state index contributed by atoms with van der Waals surface area (Å²) >= 11 is 0. The zero-order valence-electron chi connectivity index (χ0n) is 52.8. The molecule has 0 bridgehead atoms. The molecule has 2 aromatic heterocycles. The standard InChI is InChI=1S/C64H71N12O18P3/c1-2-95(82)93-97(85,86)94-96(83,84)90-34-44-17-19-53(91-44)76-33-42(54-60(65)70-37-71-61(54)76)10-4-20-67-51(77)35-87-27-28-88-52(72-73-66)36-89-43-13-3-9-40(29-43)62(78)68-21-22-69-63(79)41-16-18-45(64(80)81)48(32-41)55-49-30-38-11-5-23-74-25-7-14-46(56(38)74)58(49)92-59-47-15-8-26-75-24-6-12-39(57(47)75)31-50(55)59/h3,9,13,16,18,29-33,37,44,52-53,82H,2,5-8,11-12,14-15,17,19-28,34-36H2,1H3,(H7-,65,67,68,69,70,71,77,78,79,80,81,83,84,85,86)/p+1/t44-,52?,53+,95?/m0/s1. The lowest BCUT2D eigenvalue weighted by molar-refractivity contribution is -0.126. The van der Waals surface area contributed by atoms with Gasteiger partial charge in [0.05, 0.1) is 54.5 Å². The molecule has 0 saturated carbocycles. The normalized spacial score (nSPS) is 18.4. The van der Waals surface area contributed by atoms with Gasteiger partial charge < -0.3 is 74.6 Å². The molecule has 6 aliphatic rings. The minimum atomic E-state index is -5.12. The SMILES string of the molecule is CCP(O)OP(=O)(O)OP(=O)(O)OC[C@@H]1CC[C@H](n2cc(C#CCNC(=O)COCCOC(COc3cccc(C(=O)NCCNC(=O)c4ccc(C(=O)O)c(C5=c6cc7c8c(c6Oc6c5cc5c9c6CCCN9CCC5)CCC[N+]=8CCC7)c4)c3)N=[N+]=[N-])c3c(N)ncnc32)O1. The number of nitrogens with two attached hydrogens (primary N) is 1. The molecular formula is C64H72N12O18P3+. The molecule has 6 aliphatic heterocycles. The molecule has 12 rings (SSSR count). The van der Waals surface area contributed by atoms with Crippen LogP contribution in [0.3, 0.4) is 0 Å². The lowest BCUT2D eigenvalue weighted by Crippen LogP contribution is -2.45. The number of ether oxygens (including phenoxy) is 5. The molecular weight excluding hydrogens is 1320 g/mol. The lowest BCUT2D eigenvalue weighted by atomic mass is 9.81. The summed E-state index contributed by atoms with van der Waals surface area (Å²) in [6.45, 7) is 4.15. The molecule has 4 aromatic carbocycles. The number of rotatable bonds is 27. The van der Waals surface area contributed by atoms with Gasteiger partial charge in [0.15, 0.2) is 14.6 Å². The molecule has 0 radical (unpaired) electrons. The van der Waals surface area contributed by atoms with E-state index in [-0.39, 0.29) is 80.5 Å². The van der Waals surface area contributed by atoms with Crippen LogP contribution in [-0.4, -0.2) is 155 Å². The maximum atomic E-state index is 14.1. The molecule has 8 heterocycles. The average molecular weight is 1390 g/mol. The molecule has 0 spiro atoms. The fourth-order valence-corrected chi connectivity index (χ4v) is 16.6. The third-order valence-electron chi connectivity index (χ3n) is 17.3. The molecule has 4 unspecified atom stereocenters. The van der Waals surface area contributed by atoms with Gasteiger partial charge in [-0.2, -0.15) is 4.31 Å². The van der Waals surface area contributed by atoms with Crippen molar-refractivity contribution < 1.29 is 84.9 Å². The van der Waals surface area contributed by atoms with E-state index >= 15 is 0 Å². The highest BCUT2D eigenvalue weighted by molar-refractivity contribution is 7.66. The summed E-state index contributed by atoms with van der Waals surface area (Å²) in [4.78, 5) is 96.4. The van der Waals surface area contributed by atoms with Crippen LogP contribution in [0.5, 0.6) is 17.2 Å². The van der Waals surface area contributed by atoms with Crippen molar-refractivity contribution in [1.29, 1.82) is 0 Å². The van der Waals surface area contributed by atoms with Crippen molar-refractivity contribution in [2.45, 2.75) is 89.7 Å². The average Bonchev–Trinajstić information content (AvgIpc) is 1.32. The number of aromatic nitrogens is 3. The van der Waals surface area contributed by atoms with E-state index in [2.05, 4.69) is 78.0 Å². The van der Waals surface area contributed by atoms with Crippen LogP contribution in [0.2, 0.25) is 0 Å². The van der Waals surface area contributed by atoms with Gasteiger partial charge in [0.2, 0.25) is 11.3 Å². The summed E-state index contributed by atoms with van der Waals surface area (Å²) in [6.07, 6.45) is 8.54. The Bertz CT molecular complexity index is 4450. The van der Waals surface area contributed by atoms with Crippen LogP contribution in [0.1, 0.15) is 122 Å². The van der Waals surface area contributed by atoms with Crippen molar-refractivity contribution in [3.63, 3.8) is 0 Å². The number of fused-ring (bicyclic) bond motifs is 5. The summed E-state index contributed by atoms with van der Waals surface area (Å²) in [5, 5.41) is 25.3. The zero-order chi connectivity index (χ0) is 68.0. The largest absolute Gasteiger partial charge is 0.491 e. The monoisotopic (exact) mass is 1390 g/mol. The van der Waals surface area contributed by atoms with E-state index in [1.807, 2.05) is 0 Å². The van der Waals surface area contributed by atoms with Crippen LogP contribution < -0.4 is 51.2 Å². The topological polar surface area (TPSA) is 405 Å². The van der Waals surface area contributed by atoms with Gasteiger partial charge in [-0.15, -0.1) is 0 Å². The van der Waals surface area contributed by atoms with Gasteiger partial charge in [-0.25, -0.2) is 32.8 Å². The number of phosphoric acid groups is 2. The third kappa shape index (κ3) is 15.7. The first-order valence-electron chi connectivity index (χ1n) is 31.9. The molecule has 510 valence electrons. The zero-order valence-corrected chi connectivity index (χ0v) is 55.5. The number of anilines is 2. The number of azide groups is 1. The summed E-state index contributed by atoms with van der Waals surface area (Å²) in [5.74, 6) is 5.24. The third-order valence-corrected chi connectivity index (χ3v) is 21.6.